The van der Waals surface area contributed by atoms with Crippen LogP contribution in [0.25, 0.3) is 0 Å². The van der Waals surface area contributed by atoms with Crippen molar-refractivity contribution in [2.75, 3.05) is 38.5 Å². The highest BCUT2D eigenvalue weighted by atomic mass is 35.5. The molecule has 1 aliphatic heterocycles. The molecule has 0 bridgehead atoms. The summed E-state index contributed by atoms with van der Waals surface area (Å²) >= 11 is 0. The number of halogens is 4. The molecule has 3 rings (SSSR count). The van der Waals surface area contributed by atoms with Gasteiger partial charge >= 0.3 is 0 Å². The lowest BCUT2D eigenvalue weighted by Crippen LogP contribution is -2.63. The van der Waals surface area contributed by atoms with Gasteiger partial charge < -0.3 is 5.32 Å². The second-order valence-electron chi connectivity index (χ2n) is 8.90. The summed E-state index contributed by atoms with van der Waals surface area (Å²) in [6.07, 6.45) is 0.297. The minimum absolute atomic E-state index is 0. The maximum absolute atomic E-state index is 14.2. The quantitative estimate of drug-likeness (QED) is 0.607. The van der Waals surface area contributed by atoms with E-state index in [2.05, 4.69) is 5.32 Å². The number of aryl methyl sites for hydroxylation is 1. The number of rotatable bonds is 7. The van der Waals surface area contributed by atoms with Gasteiger partial charge in [-0.15, -0.1) is 12.4 Å². The molecule has 0 radical (unpaired) electrons. The number of alkyl halides is 2. The third-order valence-corrected chi connectivity index (χ3v) is 8.78. The molecule has 188 valence electrons. The van der Waals surface area contributed by atoms with Crippen molar-refractivity contribution in [2.24, 2.45) is 0 Å². The van der Waals surface area contributed by atoms with Crippen LogP contribution in [0.15, 0.2) is 18.2 Å². The van der Waals surface area contributed by atoms with E-state index in [1.807, 2.05) is 11.8 Å². The first-order chi connectivity index (χ1) is 15.0. The molecule has 1 N–H and O–H groups in total. The van der Waals surface area contributed by atoms with E-state index in [1.165, 1.54) is 16.4 Å². The third-order valence-electron chi connectivity index (χ3n) is 6.70. The second-order valence-corrected chi connectivity index (χ2v) is 11.0. The first-order valence-electron chi connectivity index (χ1n) is 11.1. The lowest BCUT2D eigenvalue weighted by Gasteiger charge is -2.50. The Hall–Kier alpha value is -1.36. The molecule has 33 heavy (non-hydrogen) atoms. The van der Waals surface area contributed by atoms with Crippen LogP contribution in [0, 0.1) is 12.7 Å². The highest BCUT2D eigenvalue weighted by molar-refractivity contribution is 7.89. The van der Waals surface area contributed by atoms with Gasteiger partial charge in [0.15, 0.2) is 0 Å². The molecule has 6 nitrogen and oxygen atoms in total. The SMILES string of the molecule is CCCS(=O)(=O)N1CCN(C2(CNC(=O)c3c(C)cccc3F)CCC(F)(F)CC2)CC1.Cl. The zero-order valence-corrected chi connectivity index (χ0v) is 20.7. The predicted molar refractivity (Wildman–Crippen MR) is 124 cm³/mol. The number of carbonyl (C=O) groups is 1. The Morgan fingerprint density at radius 2 is 1.70 bits per heavy atom. The van der Waals surface area contributed by atoms with E-state index < -0.39 is 33.2 Å². The topological polar surface area (TPSA) is 69.7 Å². The lowest BCUT2D eigenvalue weighted by molar-refractivity contribution is -0.0856. The minimum atomic E-state index is -3.32. The van der Waals surface area contributed by atoms with Crippen LogP contribution in [0.1, 0.15) is 54.9 Å². The highest BCUT2D eigenvalue weighted by Gasteiger charge is 2.47. The van der Waals surface area contributed by atoms with Gasteiger partial charge in [0.1, 0.15) is 5.82 Å². The van der Waals surface area contributed by atoms with Gasteiger partial charge in [0, 0.05) is 51.1 Å². The number of hydrogen-bond donors (Lipinski definition) is 1. The van der Waals surface area contributed by atoms with E-state index in [9.17, 15) is 26.4 Å². The molecular weight excluding hydrogens is 479 g/mol. The van der Waals surface area contributed by atoms with Crippen LogP contribution in [0.3, 0.4) is 0 Å². The molecule has 2 fully saturated rings. The molecule has 1 aromatic rings. The van der Waals surface area contributed by atoms with Crippen molar-refractivity contribution in [3.8, 4) is 0 Å². The standard InChI is InChI=1S/C22H32F3N3O3S.ClH/c1-3-15-32(30,31)28-13-11-27(12-14-28)21(7-9-22(24,25)10-8-21)16-26-20(29)19-17(2)5-4-6-18(19)23;/h4-6H,3,7-16H2,1-2H3,(H,26,29);1H. The van der Waals surface area contributed by atoms with Gasteiger partial charge in [-0.2, -0.15) is 4.31 Å². The summed E-state index contributed by atoms with van der Waals surface area (Å²) in [5.41, 5.74) is -0.252. The minimum Gasteiger partial charge on any atom is -0.350 e. The summed E-state index contributed by atoms with van der Waals surface area (Å²) in [5, 5.41) is 2.78. The van der Waals surface area contributed by atoms with Crippen LogP contribution in [0.4, 0.5) is 13.2 Å². The fourth-order valence-electron chi connectivity index (χ4n) is 4.77. The first kappa shape index (κ1) is 27.9. The molecule has 1 saturated heterocycles. The van der Waals surface area contributed by atoms with Crippen molar-refractivity contribution < 1.29 is 26.4 Å². The zero-order chi connectivity index (χ0) is 23.6. The third kappa shape index (κ3) is 6.41. The molecule has 0 unspecified atom stereocenters. The lowest BCUT2D eigenvalue weighted by atomic mass is 9.78. The average molecular weight is 512 g/mol. The fourth-order valence-corrected chi connectivity index (χ4v) is 6.26. The van der Waals surface area contributed by atoms with E-state index >= 15 is 0 Å². The van der Waals surface area contributed by atoms with Crippen molar-refractivity contribution in [3.05, 3.63) is 35.1 Å². The van der Waals surface area contributed by atoms with Crippen LogP contribution in [0.5, 0.6) is 0 Å². The largest absolute Gasteiger partial charge is 0.350 e. The number of nitrogens with zero attached hydrogens (tertiary/aromatic N) is 2. The van der Waals surface area contributed by atoms with Gasteiger partial charge in [-0.05, 0) is 37.8 Å². The number of piperazine rings is 1. The Balaban J connectivity index is 0.00000385. The van der Waals surface area contributed by atoms with Crippen molar-refractivity contribution in [2.45, 2.75) is 57.4 Å². The Bertz CT molecular complexity index is 908. The van der Waals surface area contributed by atoms with E-state index in [0.29, 0.717) is 38.2 Å². The van der Waals surface area contributed by atoms with Crippen molar-refractivity contribution in [1.29, 1.82) is 0 Å². The molecular formula is C22H33ClF3N3O3S. The molecule has 11 heteroatoms. The Kier molecular flexibility index (Phi) is 9.23. The molecule has 1 saturated carbocycles. The van der Waals surface area contributed by atoms with Gasteiger partial charge in [-0.1, -0.05) is 19.1 Å². The molecule has 2 aliphatic rings. The summed E-state index contributed by atoms with van der Waals surface area (Å²) < 4.78 is 68.3. The van der Waals surface area contributed by atoms with E-state index in [0.717, 1.165) is 0 Å². The van der Waals surface area contributed by atoms with Crippen LogP contribution in [-0.2, 0) is 10.0 Å². The van der Waals surface area contributed by atoms with Gasteiger partial charge in [0.25, 0.3) is 5.91 Å². The Morgan fingerprint density at radius 3 is 2.24 bits per heavy atom. The highest BCUT2D eigenvalue weighted by Crippen LogP contribution is 2.42. The van der Waals surface area contributed by atoms with Gasteiger partial charge in [0.2, 0.25) is 15.9 Å². The zero-order valence-electron chi connectivity index (χ0n) is 19.1. The van der Waals surface area contributed by atoms with Crippen molar-refractivity contribution in [1.82, 2.24) is 14.5 Å². The molecule has 0 aromatic heterocycles. The van der Waals surface area contributed by atoms with Gasteiger partial charge in [-0.3, -0.25) is 9.69 Å². The normalized spacial score (nSPS) is 21.2. The number of carbonyl (C=O) groups excluding carboxylic acids is 1. The van der Waals surface area contributed by atoms with Crippen LogP contribution in [-0.4, -0.2) is 73.5 Å². The summed E-state index contributed by atoms with van der Waals surface area (Å²) in [5.74, 6) is -3.85. The molecule has 0 atom stereocenters. The van der Waals surface area contributed by atoms with Crippen LogP contribution < -0.4 is 5.32 Å². The predicted octanol–water partition coefficient (Wildman–Crippen LogP) is 3.59. The molecule has 1 aromatic carbocycles. The Labute approximate surface area is 200 Å². The van der Waals surface area contributed by atoms with Crippen LogP contribution >= 0.6 is 12.4 Å². The maximum Gasteiger partial charge on any atom is 0.254 e. The summed E-state index contributed by atoms with van der Waals surface area (Å²) in [6, 6.07) is 4.39. The number of amides is 1. The number of sulfonamides is 1. The van der Waals surface area contributed by atoms with Crippen molar-refractivity contribution in [3.63, 3.8) is 0 Å². The van der Waals surface area contributed by atoms with Gasteiger partial charge in [-0.25, -0.2) is 21.6 Å². The summed E-state index contributed by atoms with van der Waals surface area (Å²) in [7, 11) is -3.32. The molecule has 0 spiro atoms. The van der Waals surface area contributed by atoms with E-state index in [4.69, 9.17) is 0 Å². The monoisotopic (exact) mass is 511 g/mol. The molecule has 1 aliphatic carbocycles. The number of hydrogen-bond acceptors (Lipinski definition) is 4. The number of benzene rings is 1. The maximum atomic E-state index is 14.2. The molecule has 1 amide bonds. The van der Waals surface area contributed by atoms with Gasteiger partial charge in [0.05, 0.1) is 11.3 Å². The summed E-state index contributed by atoms with van der Waals surface area (Å²) in [6.45, 7) is 4.96. The number of nitrogens with one attached hydrogen (secondary N) is 1. The average Bonchev–Trinajstić information content (AvgIpc) is 2.73. The van der Waals surface area contributed by atoms with E-state index in [1.54, 1.807) is 13.0 Å². The van der Waals surface area contributed by atoms with Crippen LogP contribution in [0.2, 0.25) is 0 Å². The summed E-state index contributed by atoms with van der Waals surface area (Å²) in [4.78, 5) is 14.8. The fraction of sp³-hybridized carbons (Fsp3) is 0.682. The second kappa shape index (κ2) is 10.9. The first-order valence-corrected chi connectivity index (χ1v) is 12.7. The Morgan fingerprint density at radius 1 is 1.09 bits per heavy atom. The van der Waals surface area contributed by atoms with E-state index in [-0.39, 0.29) is 56.0 Å². The molecule has 1 heterocycles. The van der Waals surface area contributed by atoms with Crippen molar-refractivity contribution >= 4 is 28.3 Å². The smallest absolute Gasteiger partial charge is 0.254 e.